The van der Waals surface area contributed by atoms with Crippen LogP contribution < -0.4 is 0 Å². The van der Waals surface area contributed by atoms with E-state index in [2.05, 4.69) is 0 Å². The fourth-order valence-electron chi connectivity index (χ4n) is 0.780. The summed E-state index contributed by atoms with van der Waals surface area (Å²) in [4.78, 5) is 0. The van der Waals surface area contributed by atoms with Crippen molar-refractivity contribution in [1.82, 2.24) is 0 Å². The fraction of sp³-hybridized carbons (Fsp3) is 0.600. The van der Waals surface area contributed by atoms with Gasteiger partial charge in [0.1, 0.15) is 0 Å². The lowest BCUT2D eigenvalue weighted by Crippen LogP contribution is -2.16. The lowest BCUT2D eigenvalue weighted by Gasteiger charge is -2.15. The minimum atomic E-state index is -2.83. The van der Waals surface area contributed by atoms with Gasteiger partial charge in [-0.05, 0) is 26.3 Å². The van der Waals surface area contributed by atoms with Crippen LogP contribution in [-0.4, -0.2) is 17.6 Å². The van der Waals surface area contributed by atoms with Crippen LogP contribution in [-0.2, 0) is 0 Å². The molecule has 0 saturated heterocycles. The molecule has 0 aliphatic carbocycles. The monoisotopic (exact) mass is 190 g/mol. The zero-order chi connectivity index (χ0) is 10.5. The van der Waals surface area contributed by atoms with Crippen molar-refractivity contribution in [3.63, 3.8) is 0 Å². The van der Waals surface area contributed by atoms with Gasteiger partial charge in [-0.1, -0.05) is 17.7 Å². The second-order valence-electron chi connectivity index (χ2n) is 3.26. The lowest BCUT2D eigenvalue weighted by atomic mass is 10.1. The molecule has 1 N–H and O–H groups in total. The van der Waals surface area contributed by atoms with Crippen LogP contribution in [0.2, 0.25) is 0 Å². The van der Waals surface area contributed by atoms with Crippen molar-refractivity contribution in [1.29, 1.82) is 0 Å². The van der Waals surface area contributed by atoms with E-state index in [1.807, 2.05) is 0 Å². The first-order chi connectivity index (χ1) is 5.90. The van der Waals surface area contributed by atoms with Crippen LogP contribution in [0.5, 0.6) is 0 Å². The number of hydrogen-bond donors (Lipinski definition) is 1. The Morgan fingerprint density at radius 3 is 2.15 bits per heavy atom. The predicted molar refractivity (Wildman–Crippen MR) is 49.8 cm³/mol. The first kappa shape index (κ1) is 12.3. The molecule has 13 heavy (non-hydrogen) atoms. The Kier molecular flexibility index (Phi) is 4.85. The zero-order valence-electron chi connectivity index (χ0n) is 8.27. The summed E-state index contributed by atoms with van der Waals surface area (Å²) in [6.45, 7) is 4.55. The highest BCUT2D eigenvalue weighted by molar-refractivity contribution is 5.13. The van der Waals surface area contributed by atoms with Crippen molar-refractivity contribution in [2.75, 3.05) is 6.61 Å². The molecule has 0 rings (SSSR count). The second-order valence-corrected chi connectivity index (χ2v) is 3.26. The van der Waals surface area contributed by atoms with Crippen molar-refractivity contribution in [2.24, 2.45) is 0 Å². The molecule has 0 aromatic heterocycles. The minimum absolute atomic E-state index is 0.0764. The van der Waals surface area contributed by atoms with Gasteiger partial charge < -0.3 is 5.11 Å². The minimum Gasteiger partial charge on any atom is -0.392 e. The molecule has 3 heteroatoms. The molecule has 0 bridgehead atoms. The molecule has 0 heterocycles. The highest BCUT2D eigenvalue weighted by atomic mass is 19.3. The van der Waals surface area contributed by atoms with Crippen LogP contribution in [0.15, 0.2) is 23.3 Å². The number of halogens is 2. The van der Waals surface area contributed by atoms with Crippen molar-refractivity contribution in [3.8, 4) is 0 Å². The molecular formula is C10H16F2O. The van der Waals surface area contributed by atoms with E-state index < -0.39 is 5.92 Å². The number of aliphatic hydroxyl groups is 1. The van der Waals surface area contributed by atoms with Gasteiger partial charge in [-0.2, -0.15) is 0 Å². The summed E-state index contributed by atoms with van der Waals surface area (Å²) >= 11 is 0. The maximum Gasteiger partial charge on any atom is 0.272 e. The number of allylic oxidation sites excluding steroid dienone is 3. The van der Waals surface area contributed by atoms with Crippen LogP contribution >= 0.6 is 0 Å². The molecular weight excluding hydrogens is 174 g/mol. The van der Waals surface area contributed by atoms with Gasteiger partial charge in [0.25, 0.3) is 5.92 Å². The highest BCUT2D eigenvalue weighted by Crippen LogP contribution is 2.28. The van der Waals surface area contributed by atoms with Crippen LogP contribution in [0, 0.1) is 0 Å². The molecule has 0 fully saturated rings. The van der Waals surface area contributed by atoms with Gasteiger partial charge in [0.15, 0.2) is 0 Å². The van der Waals surface area contributed by atoms with E-state index in [1.54, 1.807) is 13.8 Å². The number of aliphatic hydroxyl groups excluding tert-OH is 1. The topological polar surface area (TPSA) is 20.2 Å². The third-order valence-corrected chi connectivity index (χ3v) is 1.74. The molecule has 0 aromatic carbocycles. The van der Waals surface area contributed by atoms with E-state index in [0.29, 0.717) is 0 Å². The Hall–Kier alpha value is -0.700. The summed E-state index contributed by atoms with van der Waals surface area (Å²) < 4.78 is 26.3. The number of alkyl halides is 2. The lowest BCUT2D eigenvalue weighted by molar-refractivity contribution is 0.0441. The zero-order valence-corrected chi connectivity index (χ0v) is 8.27. The van der Waals surface area contributed by atoms with Gasteiger partial charge in [0.2, 0.25) is 0 Å². The average Bonchev–Trinajstić information content (AvgIpc) is 2.01. The van der Waals surface area contributed by atoms with Crippen molar-refractivity contribution >= 4 is 0 Å². The van der Waals surface area contributed by atoms with Gasteiger partial charge >= 0.3 is 0 Å². The van der Waals surface area contributed by atoms with Gasteiger partial charge in [0.05, 0.1) is 6.61 Å². The van der Waals surface area contributed by atoms with Crippen LogP contribution in [0.3, 0.4) is 0 Å². The SMILES string of the molecule is CC(C)=CCC(F)(F)/C(C)=C/CO. The van der Waals surface area contributed by atoms with E-state index in [4.69, 9.17) is 5.11 Å². The molecule has 0 aromatic rings. The van der Waals surface area contributed by atoms with Gasteiger partial charge in [-0.3, -0.25) is 0 Å². The van der Waals surface area contributed by atoms with E-state index in [1.165, 1.54) is 13.0 Å². The van der Waals surface area contributed by atoms with Crippen LogP contribution in [0.25, 0.3) is 0 Å². The molecule has 0 unspecified atom stereocenters. The Balaban J connectivity index is 4.39. The molecule has 1 nitrogen and oxygen atoms in total. The predicted octanol–water partition coefficient (Wildman–Crippen LogP) is 2.92. The third-order valence-electron chi connectivity index (χ3n) is 1.74. The molecule has 0 atom stereocenters. The number of hydrogen-bond acceptors (Lipinski definition) is 1. The Labute approximate surface area is 77.8 Å². The molecule has 0 aliphatic rings. The Bertz CT molecular complexity index is 213. The fourth-order valence-corrected chi connectivity index (χ4v) is 0.780. The molecule has 0 amide bonds. The molecule has 76 valence electrons. The molecule has 0 radical (unpaired) electrons. The summed E-state index contributed by atoms with van der Waals surface area (Å²) in [6, 6.07) is 0. The smallest absolute Gasteiger partial charge is 0.272 e. The first-order valence-electron chi connectivity index (χ1n) is 4.19. The average molecular weight is 190 g/mol. The summed E-state index contributed by atoms with van der Waals surface area (Å²) in [7, 11) is 0. The summed E-state index contributed by atoms with van der Waals surface area (Å²) in [5.74, 6) is -2.83. The Morgan fingerprint density at radius 2 is 1.77 bits per heavy atom. The summed E-state index contributed by atoms with van der Waals surface area (Å²) in [6.07, 6.45) is 2.34. The molecule has 0 aliphatic heterocycles. The molecule has 0 saturated carbocycles. The van der Waals surface area contributed by atoms with Crippen LogP contribution in [0.1, 0.15) is 27.2 Å². The Morgan fingerprint density at radius 1 is 1.23 bits per heavy atom. The van der Waals surface area contributed by atoms with E-state index in [0.717, 1.165) is 11.6 Å². The normalized spacial score (nSPS) is 12.9. The highest BCUT2D eigenvalue weighted by Gasteiger charge is 2.29. The van der Waals surface area contributed by atoms with Crippen molar-refractivity contribution < 1.29 is 13.9 Å². The number of rotatable bonds is 4. The van der Waals surface area contributed by atoms with E-state index in [9.17, 15) is 8.78 Å². The van der Waals surface area contributed by atoms with Gasteiger partial charge in [-0.25, -0.2) is 8.78 Å². The summed E-state index contributed by atoms with van der Waals surface area (Å²) in [5.41, 5.74) is 0.795. The van der Waals surface area contributed by atoms with Gasteiger partial charge in [0, 0.05) is 6.42 Å². The second kappa shape index (κ2) is 5.12. The van der Waals surface area contributed by atoms with Gasteiger partial charge in [-0.15, -0.1) is 0 Å². The molecule has 0 spiro atoms. The van der Waals surface area contributed by atoms with Crippen molar-refractivity contribution in [3.05, 3.63) is 23.3 Å². The summed E-state index contributed by atoms with van der Waals surface area (Å²) in [5, 5.41) is 8.45. The maximum atomic E-state index is 13.1. The standard InChI is InChI=1S/C10H16F2O/c1-8(2)4-6-10(11,12)9(3)5-7-13/h4-5,13H,6-7H2,1-3H3/b9-5+. The third kappa shape index (κ3) is 4.78. The largest absolute Gasteiger partial charge is 0.392 e. The quantitative estimate of drug-likeness (QED) is 0.676. The van der Waals surface area contributed by atoms with E-state index in [-0.39, 0.29) is 18.6 Å². The van der Waals surface area contributed by atoms with Crippen LogP contribution in [0.4, 0.5) is 8.78 Å². The van der Waals surface area contributed by atoms with Crippen molar-refractivity contribution in [2.45, 2.75) is 33.1 Å². The first-order valence-corrected chi connectivity index (χ1v) is 4.19. The van der Waals surface area contributed by atoms with E-state index >= 15 is 0 Å². The maximum absolute atomic E-state index is 13.1.